The number of nitrogen functional groups attached to an aromatic ring is 1. The van der Waals surface area contributed by atoms with E-state index in [0.29, 0.717) is 23.1 Å². The Labute approximate surface area is 147 Å². The normalized spacial score (nSPS) is 11.0. The second-order valence-electron chi connectivity index (χ2n) is 5.53. The molecule has 0 unspecified atom stereocenters. The highest BCUT2D eigenvalue weighted by Crippen LogP contribution is 2.20. The number of carbonyl (C=O) groups is 1. The van der Waals surface area contributed by atoms with Crippen molar-refractivity contribution in [3.05, 3.63) is 71.5 Å². The Morgan fingerprint density at radius 1 is 1.28 bits per heavy atom. The highest BCUT2D eigenvalue weighted by Gasteiger charge is 2.20. The zero-order valence-electron chi connectivity index (χ0n) is 13.2. The molecule has 0 aromatic carbocycles. The van der Waals surface area contributed by atoms with E-state index in [2.05, 4.69) is 9.97 Å². The van der Waals surface area contributed by atoms with Crippen molar-refractivity contribution < 1.29 is 9.21 Å². The number of nitrogens with zero attached hydrogens (tertiary/aromatic N) is 4. The van der Waals surface area contributed by atoms with E-state index >= 15 is 0 Å². The fourth-order valence-corrected chi connectivity index (χ4v) is 3.27. The van der Waals surface area contributed by atoms with E-state index < -0.39 is 0 Å². The van der Waals surface area contributed by atoms with Gasteiger partial charge in [0.05, 0.1) is 19.0 Å². The lowest BCUT2D eigenvalue weighted by Gasteiger charge is -2.21. The third-order valence-electron chi connectivity index (χ3n) is 3.77. The molecule has 4 rings (SSSR count). The molecule has 8 heteroatoms. The number of fused-ring (bicyclic) bond motifs is 1. The van der Waals surface area contributed by atoms with E-state index in [1.165, 1.54) is 17.5 Å². The van der Waals surface area contributed by atoms with Crippen LogP contribution in [0.5, 0.6) is 0 Å². The number of nitrogens with two attached hydrogens (primary N) is 1. The van der Waals surface area contributed by atoms with Gasteiger partial charge in [0.25, 0.3) is 5.91 Å². The summed E-state index contributed by atoms with van der Waals surface area (Å²) in [5.74, 6) is 0.589. The van der Waals surface area contributed by atoms with Gasteiger partial charge in [-0.2, -0.15) is 0 Å². The Hall–Kier alpha value is -3.13. The quantitative estimate of drug-likeness (QED) is 0.596. The lowest BCUT2D eigenvalue weighted by atomic mass is 10.2. The van der Waals surface area contributed by atoms with Gasteiger partial charge in [-0.3, -0.25) is 4.79 Å². The summed E-state index contributed by atoms with van der Waals surface area (Å²) in [7, 11) is 0. The molecule has 4 aromatic rings. The van der Waals surface area contributed by atoms with Gasteiger partial charge in [0.2, 0.25) is 0 Å². The maximum Gasteiger partial charge on any atom is 0.266 e. The average Bonchev–Trinajstić information content (AvgIpc) is 3.34. The number of carbonyl (C=O) groups excluding carboxylic acids is 1. The number of imidazole rings is 1. The van der Waals surface area contributed by atoms with Gasteiger partial charge in [0.15, 0.2) is 5.13 Å². The molecule has 0 saturated heterocycles. The van der Waals surface area contributed by atoms with Crippen LogP contribution < -0.4 is 5.73 Å². The second kappa shape index (κ2) is 6.40. The summed E-state index contributed by atoms with van der Waals surface area (Å²) in [5, 5.41) is 0.376. The van der Waals surface area contributed by atoms with E-state index in [4.69, 9.17) is 10.2 Å². The lowest BCUT2D eigenvalue weighted by molar-refractivity contribution is 0.0722. The number of hydrogen-bond donors (Lipinski definition) is 1. The third kappa shape index (κ3) is 3.24. The fraction of sp³-hybridized carbons (Fsp3) is 0.118. The number of pyridine rings is 1. The lowest BCUT2D eigenvalue weighted by Crippen LogP contribution is -2.29. The highest BCUT2D eigenvalue weighted by molar-refractivity contribution is 7.17. The molecule has 0 saturated carbocycles. The van der Waals surface area contributed by atoms with Crippen molar-refractivity contribution in [2.45, 2.75) is 13.1 Å². The number of thiazole rings is 1. The Morgan fingerprint density at radius 3 is 2.96 bits per heavy atom. The van der Waals surface area contributed by atoms with Crippen molar-refractivity contribution in [1.82, 2.24) is 19.3 Å². The molecule has 2 N–H and O–H groups in total. The summed E-state index contributed by atoms with van der Waals surface area (Å²) in [6, 6.07) is 7.54. The fourth-order valence-electron chi connectivity index (χ4n) is 2.61. The van der Waals surface area contributed by atoms with Crippen molar-refractivity contribution in [2.75, 3.05) is 5.73 Å². The highest BCUT2D eigenvalue weighted by atomic mass is 32.1. The molecule has 126 valence electrons. The van der Waals surface area contributed by atoms with E-state index in [1.807, 2.05) is 35.0 Å². The van der Waals surface area contributed by atoms with Gasteiger partial charge >= 0.3 is 0 Å². The van der Waals surface area contributed by atoms with Gasteiger partial charge in [0, 0.05) is 25.1 Å². The van der Waals surface area contributed by atoms with Crippen molar-refractivity contribution >= 4 is 28.0 Å². The molecule has 1 amide bonds. The van der Waals surface area contributed by atoms with E-state index in [1.54, 1.807) is 23.4 Å². The minimum atomic E-state index is -0.128. The Bertz CT molecular complexity index is 1010. The standard InChI is InChI=1S/C17H15N5O2S/c18-17-20-8-14(25-17)16(23)22(11-13-2-1-7-24-13)10-12-3-4-15-19-5-6-21(15)9-12/h1-9H,10-11H2,(H2,18,20). The first-order chi connectivity index (χ1) is 12.2. The number of hydrogen-bond acceptors (Lipinski definition) is 6. The van der Waals surface area contributed by atoms with Crippen molar-refractivity contribution in [3.8, 4) is 0 Å². The molecule has 0 bridgehead atoms. The molecule has 0 radical (unpaired) electrons. The first-order valence-electron chi connectivity index (χ1n) is 7.63. The van der Waals surface area contributed by atoms with Crippen LogP contribution in [-0.4, -0.2) is 25.2 Å². The minimum absolute atomic E-state index is 0.128. The zero-order valence-corrected chi connectivity index (χ0v) is 14.0. The Balaban J connectivity index is 1.62. The Kier molecular flexibility index (Phi) is 3.95. The van der Waals surface area contributed by atoms with Gasteiger partial charge in [-0.05, 0) is 23.8 Å². The molecule has 4 aromatic heterocycles. The van der Waals surface area contributed by atoms with Crippen LogP contribution >= 0.6 is 11.3 Å². The monoisotopic (exact) mass is 353 g/mol. The summed E-state index contributed by atoms with van der Waals surface area (Å²) < 4.78 is 7.33. The summed E-state index contributed by atoms with van der Waals surface area (Å²) in [5.41, 5.74) is 7.52. The van der Waals surface area contributed by atoms with Gasteiger partial charge in [-0.1, -0.05) is 17.4 Å². The number of anilines is 1. The number of amides is 1. The zero-order chi connectivity index (χ0) is 17.2. The number of furan rings is 1. The molecule has 0 spiro atoms. The molecule has 0 aliphatic carbocycles. The van der Waals surface area contributed by atoms with E-state index in [-0.39, 0.29) is 5.91 Å². The average molecular weight is 353 g/mol. The summed E-state index contributed by atoms with van der Waals surface area (Å²) in [6.07, 6.45) is 8.69. The van der Waals surface area contributed by atoms with E-state index in [9.17, 15) is 4.79 Å². The van der Waals surface area contributed by atoms with Gasteiger partial charge in [0.1, 0.15) is 16.3 Å². The summed E-state index contributed by atoms with van der Waals surface area (Å²) in [6.45, 7) is 0.803. The Morgan fingerprint density at radius 2 is 2.20 bits per heavy atom. The molecule has 0 atom stereocenters. The predicted octanol–water partition coefficient (Wildman–Crippen LogP) is 2.81. The smallest absolute Gasteiger partial charge is 0.266 e. The molecule has 0 aliphatic heterocycles. The first-order valence-corrected chi connectivity index (χ1v) is 8.45. The second-order valence-corrected chi connectivity index (χ2v) is 6.60. The van der Waals surface area contributed by atoms with Crippen molar-refractivity contribution in [1.29, 1.82) is 0 Å². The van der Waals surface area contributed by atoms with Crippen LogP contribution in [0.15, 0.2) is 59.7 Å². The molecule has 25 heavy (non-hydrogen) atoms. The van der Waals surface area contributed by atoms with Crippen LogP contribution in [-0.2, 0) is 13.1 Å². The molecule has 7 nitrogen and oxygen atoms in total. The van der Waals surface area contributed by atoms with Crippen LogP contribution in [0, 0.1) is 0 Å². The van der Waals surface area contributed by atoms with Crippen molar-refractivity contribution in [3.63, 3.8) is 0 Å². The van der Waals surface area contributed by atoms with E-state index in [0.717, 1.165) is 17.0 Å². The maximum atomic E-state index is 12.9. The summed E-state index contributed by atoms with van der Waals surface area (Å²) >= 11 is 1.18. The predicted molar refractivity (Wildman–Crippen MR) is 94.0 cm³/mol. The molecular weight excluding hydrogens is 338 g/mol. The number of aromatic nitrogens is 3. The molecule has 0 fully saturated rings. The van der Waals surface area contributed by atoms with Crippen molar-refractivity contribution in [2.24, 2.45) is 0 Å². The SMILES string of the molecule is Nc1ncc(C(=O)N(Cc2ccc3nccn3c2)Cc2ccco2)s1. The topological polar surface area (TPSA) is 89.7 Å². The third-order valence-corrected chi connectivity index (χ3v) is 4.59. The van der Waals surface area contributed by atoms with Crippen LogP contribution in [0.25, 0.3) is 5.65 Å². The molecule has 0 aliphatic rings. The molecular formula is C17H15N5O2S. The van der Waals surface area contributed by atoms with Gasteiger partial charge < -0.3 is 19.5 Å². The van der Waals surface area contributed by atoms with Crippen LogP contribution in [0.3, 0.4) is 0 Å². The van der Waals surface area contributed by atoms with Crippen LogP contribution in [0.4, 0.5) is 5.13 Å². The largest absolute Gasteiger partial charge is 0.467 e. The van der Waals surface area contributed by atoms with Gasteiger partial charge in [-0.15, -0.1) is 0 Å². The van der Waals surface area contributed by atoms with Crippen LogP contribution in [0.1, 0.15) is 21.0 Å². The molecule has 4 heterocycles. The summed E-state index contributed by atoms with van der Waals surface area (Å²) in [4.78, 5) is 23.3. The van der Waals surface area contributed by atoms with Gasteiger partial charge in [-0.25, -0.2) is 9.97 Å². The first kappa shape index (κ1) is 15.4. The van der Waals surface area contributed by atoms with Crippen LogP contribution in [0.2, 0.25) is 0 Å². The number of rotatable bonds is 5. The minimum Gasteiger partial charge on any atom is -0.467 e. The maximum absolute atomic E-state index is 12.9.